The van der Waals surface area contributed by atoms with Gasteiger partial charge in [-0.3, -0.25) is 0 Å². The number of sulfonamides is 1. The van der Waals surface area contributed by atoms with Crippen molar-refractivity contribution in [2.24, 2.45) is 5.92 Å². The van der Waals surface area contributed by atoms with Crippen LogP contribution in [0.4, 0.5) is 0 Å². The maximum atomic E-state index is 12.9. The SMILES string of the molecule is CNCC1CCN(S(=O)(=O)c2cc(C)cc(C)c2OC)C1.Cl. The van der Waals surface area contributed by atoms with Gasteiger partial charge in [0, 0.05) is 13.1 Å². The highest BCUT2D eigenvalue weighted by molar-refractivity contribution is 7.89. The van der Waals surface area contributed by atoms with Crippen LogP contribution < -0.4 is 10.1 Å². The number of hydrogen-bond acceptors (Lipinski definition) is 4. The molecule has 1 aromatic rings. The number of ether oxygens (including phenoxy) is 1. The van der Waals surface area contributed by atoms with Crippen molar-refractivity contribution in [3.63, 3.8) is 0 Å². The summed E-state index contributed by atoms with van der Waals surface area (Å²) in [5.74, 6) is 0.833. The molecule has 1 aliphatic rings. The van der Waals surface area contributed by atoms with Crippen LogP contribution in [0.2, 0.25) is 0 Å². The minimum absolute atomic E-state index is 0. The van der Waals surface area contributed by atoms with Gasteiger partial charge >= 0.3 is 0 Å². The maximum absolute atomic E-state index is 12.9. The average Bonchev–Trinajstić information content (AvgIpc) is 2.87. The Labute approximate surface area is 139 Å². The number of rotatable bonds is 5. The van der Waals surface area contributed by atoms with Crippen LogP contribution in [0, 0.1) is 19.8 Å². The molecule has 0 saturated carbocycles. The van der Waals surface area contributed by atoms with Gasteiger partial charge in [-0.15, -0.1) is 12.4 Å². The number of hydrogen-bond donors (Lipinski definition) is 1. The Morgan fingerprint density at radius 2 is 2.05 bits per heavy atom. The lowest BCUT2D eigenvalue weighted by molar-refractivity contribution is 0.394. The lowest BCUT2D eigenvalue weighted by atomic mass is 10.1. The molecule has 0 amide bonds. The van der Waals surface area contributed by atoms with Crippen LogP contribution in [0.5, 0.6) is 5.75 Å². The van der Waals surface area contributed by atoms with E-state index < -0.39 is 10.0 Å². The normalized spacial score (nSPS) is 19.0. The summed E-state index contributed by atoms with van der Waals surface area (Å²) in [5.41, 5.74) is 1.78. The molecule has 0 radical (unpaired) electrons. The Morgan fingerprint density at radius 1 is 1.36 bits per heavy atom. The number of methoxy groups -OCH3 is 1. The van der Waals surface area contributed by atoms with E-state index >= 15 is 0 Å². The predicted molar refractivity (Wildman–Crippen MR) is 90.5 cm³/mol. The van der Waals surface area contributed by atoms with Crippen LogP contribution in [-0.2, 0) is 10.0 Å². The van der Waals surface area contributed by atoms with Gasteiger partial charge in [0.2, 0.25) is 10.0 Å². The van der Waals surface area contributed by atoms with E-state index in [1.165, 1.54) is 7.11 Å². The molecule has 1 aliphatic heterocycles. The third kappa shape index (κ3) is 3.74. The van der Waals surface area contributed by atoms with E-state index in [9.17, 15) is 8.42 Å². The summed E-state index contributed by atoms with van der Waals surface area (Å²) in [6.45, 7) is 5.76. The van der Waals surface area contributed by atoms with Crippen LogP contribution in [0.25, 0.3) is 0 Å². The Kier molecular flexibility index (Phi) is 6.67. The minimum Gasteiger partial charge on any atom is -0.495 e. The van der Waals surface area contributed by atoms with E-state index in [1.807, 2.05) is 27.0 Å². The summed E-state index contributed by atoms with van der Waals surface area (Å²) >= 11 is 0. The molecule has 22 heavy (non-hydrogen) atoms. The van der Waals surface area contributed by atoms with E-state index in [2.05, 4.69) is 5.32 Å². The smallest absolute Gasteiger partial charge is 0.246 e. The third-order valence-corrected chi connectivity index (χ3v) is 5.82. The van der Waals surface area contributed by atoms with Gasteiger partial charge in [0.15, 0.2) is 0 Å². The minimum atomic E-state index is -3.50. The molecule has 0 bridgehead atoms. The molecule has 1 heterocycles. The van der Waals surface area contributed by atoms with Crippen molar-refractivity contribution in [1.29, 1.82) is 0 Å². The highest BCUT2D eigenvalue weighted by Crippen LogP contribution is 2.33. The van der Waals surface area contributed by atoms with E-state index in [0.717, 1.165) is 24.1 Å². The molecule has 1 atom stereocenters. The van der Waals surface area contributed by atoms with E-state index in [4.69, 9.17) is 4.74 Å². The quantitative estimate of drug-likeness (QED) is 0.883. The largest absolute Gasteiger partial charge is 0.495 e. The molecule has 1 aromatic carbocycles. The Morgan fingerprint density at radius 3 is 2.64 bits per heavy atom. The second-order valence-corrected chi connectivity index (χ2v) is 7.59. The topological polar surface area (TPSA) is 58.6 Å². The number of nitrogens with zero attached hydrogens (tertiary/aromatic N) is 1. The molecule has 1 unspecified atom stereocenters. The zero-order chi connectivity index (χ0) is 15.6. The fourth-order valence-electron chi connectivity index (χ4n) is 2.98. The molecular formula is C15H25ClN2O3S. The first kappa shape index (κ1) is 19.2. The molecule has 0 aliphatic carbocycles. The Balaban J connectivity index is 0.00000242. The van der Waals surface area contributed by atoms with Crippen LogP contribution in [-0.4, -0.2) is 46.5 Å². The first-order valence-corrected chi connectivity index (χ1v) is 8.64. The summed E-state index contributed by atoms with van der Waals surface area (Å²) in [6.07, 6.45) is 0.896. The lowest BCUT2D eigenvalue weighted by Crippen LogP contribution is -2.31. The summed E-state index contributed by atoms with van der Waals surface area (Å²) in [7, 11) is -0.0858. The van der Waals surface area contributed by atoms with E-state index in [1.54, 1.807) is 10.4 Å². The number of nitrogens with one attached hydrogen (secondary N) is 1. The Hall–Kier alpha value is -0.820. The van der Waals surface area contributed by atoms with Crippen molar-refractivity contribution in [1.82, 2.24) is 9.62 Å². The molecule has 2 rings (SSSR count). The first-order valence-electron chi connectivity index (χ1n) is 7.20. The van der Waals surface area contributed by atoms with Gasteiger partial charge in [0.1, 0.15) is 10.6 Å². The van der Waals surface area contributed by atoms with E-state index in [-0.39, 0.29) is 17.3 Å². The molecule has 1 fully saturated rings. The van der Waals surface area contributed by atoms with E-state index in [0.29, 0.717) is 24.8 Å². The maximum Gasteiger partial charge on any atom is 0.246 e. The van der Waals surface area contributed by atoms with Crippen LogP contribution in [0.15, 0.2) is 17.0 Å². The van der Waals surface area contributed by atoms with Gasteiger partial charge in [0.05, 0.1) is 7.11 Å². The van der Waals surface area contributed by atoms with Gasteiger partial charge in [-0.05, 0) is 57.0 Å². The fraction of sp³-hybridized carbons (Fsp3) is 0.600. The van der Waals surface area contributed by atoms with Crippen LogP contribution in [0.3, 0.4) is 0 Å². The van der Waals surface area contributed by atoms with Crippen molar-refractivity contribution >= 4 is 22.4 Å². The second kappa shape index (κ2) is 7.64. The average molecular weight is 349 g/mol. The number of aryl methyl sites for hydroxylation is 2. The highest BCUT2D eigenvalue weighted by atomic mass is 35.5. The molecule has 7 heteroatoms. The Bertz CT molecular complexity index is 619. The molecule has 1 saturated heterocycles. The molecule has 0 spiro atoms. The molecule has 126 valence electrons. The monoisotopic (exact) mass is 348 g/mol. The fourth-order valence-corrected chi connectivity index (χ4v) is 4.82. The van der Waals surface area contributed by atoms with Crippen molar-refractivity contribution < 1.29 is 13.2 Å². The second-order valence-electron chi connectivity index (χ2n) is 5.69. The third-order valence-electron chi connectivity index (χ3n) is 3.95. The highest BCUT2D eigenvalue weighted by Gasteiger charge is 2.34. The van der Waals surface area contributed by atoms with Gasteiger partial charge in [-0.2, -0.15) is 4.31 Å². The van der Waals surface area contributed by atoms with Crippen molar-refractivity contribution in [2.75, 3.05) is 33.8 Å². The summed E-state index contributed by atoms with van der Waals surface area (Å²) in [5, 5.41) is 3.12. The lowest BCUT2D eigenvalue weighted by Gasteiger charge is -2.20. The van der Waals surface area contributed by atoms with Crippen LogP contribution >= 0.6 is 12.4 Å². The van der Waals surface area contributed by atoms with Crippen molar-refractivity contribution in [2.45, 2.75) is 25.2 Å². The zero-order valence-electron chi connectivity index (χ0n) is 13.5. The summed E-state index contributed by atoms with van der Waals surface area (Å²) in [4.78, 5) is 0.285. The van der Waals surface area contributed by atoms with Gasteiger partial charge in [0.25, 0.3) is 0 Å². The van der Waals surface area contributed by atoms with Gasteiger partial charge in [-0.25, -0.2) is 8.42 Å². The molecule has 0 aromatic heterocycles. The summed E-state index contributed by atoms with van der Waals surface area (Å²) < 4.78 is 32.7. The zero-order valence-corrected chi connectivity index (χ0v) is 15.2. The predicted octanol–water partition coefficient (Wildman–Crippen LogP) is 1.96. The standard InChI is InChI=1S/C15H24N2O3S.ClH/c1-11-7-12(2)15(20-4)14(8-11)21(18,19)17-6-5-13(10-17)9-16-3;/h7-8,13,16H,5-6,9-10H2,1-4H3;1H. The van der Waals surface area contributed by atoms with Gasteiger partial charge in [-0.1, -0.05) is 6.07 Å². The molecule has 5 nitrogen and oxygen atoms in total. The van der Waals surface area contributed by atoms with Gasteiger partial charge < -0.3 is 10.1 Å². The van der Waals surface area contributed by atoms with Crippen molar-refractivity contribution in [3.8, 4) is 5.75 Å². The number of benzene rings is 1. The van der Waals surface area contributed by atoms with Crippen molar-refractivity contribution in [3.05, 3.63) is 23.3 Å². The molecule has 1 N–H and O–H groups in total. The first-order chi connectivity index (χ1) is 9.90. The summed E-state index contributed by atoms with van der Waals surface area (Å²) in [6, 6.07) is 3.64. The molecular weight excluding hydrogens is 324 g/mol. The van der Waals surface area contributed by atoms with Crippen LogP contribution in [0.1, 0.15) is 17.5 Å². The number of halogens is 1.